The number of aryl methyl sites for hydroxylation is 1. The second-order valence-electron chi connectivity index (χ2n) is 7.02. The first kappa shape index (κ1) is 18.7. The van der Waals surface area contributed by atoms with Crippen LogP contribution in [0.1, 0.15) is 28.1 Å². The van der Waals surface area contributed by atoms with Gasteiger partial charge in [0.1, 0.15) is 6.04 Å². The van der Waals surface area contributed by atoms with Crippen LogP contribution in [0.4, 0.5) is 5.69 Å². The molecule has 0 bridgehead atoms. The number of nitrogens with zero attached hydrogens (tertiary/aromatic N) is 2. The van der Waals surface area contributed by atoms with Crippen molar-refractivity contribution in [1.82, 2.24) is 4.90 Å². The maximum Gasteiger partial charge on any atom is 0.290 e. The molecule has 1 saturated heterocycles. The molecule has 146 valence electrons. The van der Waals surface area contributed by atoms with E-state index in [1.54, 1.807) is 36.4 Å². The van der Waals surface area contributed by atoms with Gasteiger partial charge in [-0.25, -0.2) is 4.90 Å². The van der Waals surface area contributed by atoms with Crippen LogP contribution in [0.3, 0.4) is 0 Å². The largest absolute Gasteiger partial charge is 0.459 e. The fourth-order valence-corrected chi connectivity index (χ4v) is 3.46. The van der Waals surface area contributed by atoms with Crippen LogP contribution < -0.4 is 4.90 Å². The molecule has 1 fully saturated rings. The van der Waals surface area contributed by atoms with Gasteiger partial charge in [-0.05, 0) is 36.8 Å². The molecule has 29 heavy (non-hydrogen) atoms. The van der Waals surface area contributed by atoms with Crippen LogP contribution >= 0.6 is 0 Å². The Labute approximate surface area is 168 Å². The zero-order valence-electron chi connectivity index (χ0n) is 15.9. The number of furan rings is 1. The molecular formula is C23H20N2O4. The lowest BCUT2D eigenvalue weighted by atomic mass is 10.1. The summed E-state index contributed by atoms with van der Waals surface area (Å²) in [4.78, 5) is 41.5. The zero-order chi connectivity index (χ0) is 20.4. The zero-order valence-corrected chi connectivity index (χ0v) is 15.9. The quantitative estimate of drug-likeness (QED) is 0.627. The Hall–Kier alpha value is -3.67. The van der Waals surface area contributed by atoms with Gasteiger partial charge in [0, 0.05) is 6.54 Å². The van der Waals surface area contributed by atoms with E-state index in [1.165, 1.54) is 11.2 Å². The molecule has 6 nitrogen and oxygen atoms in total. The smallest absolute Gasteiger partial charge is 0.290 e. The monoisotopic (exact) mass is 388 g/mol. The number of carbonyl (C=O) groups excluding carboxylic acids is 3. The molecule has 2 heterocycles. The lowest BCUT2D eigenvalue weighted by Gasteiger charge is -2.27. The highest BCUT2D eigenvalue weighted by Crippen LogP contribution is 2.27. The van der Waals surface area contributed by atoms with E-state index >= 15 is 0 Å². The van der Waals surface area contributed by atoms with Crippen molar-refractivity contribution in [3.8, 4) is 0 Å². The second kappa shape index (κ2) is 7.75. The molecule has 1 unspecified atom stereocenters. The van der Waals surface area contributed by atoms with E-state index in [-0.39, 0.29) is 24.6 Å². The minimum Gasteiger partial charge on any atom is -0.459 e. The molecule has 3 amide bonds. The van der Waals surface area contributed by atoms with E-state index in [0.717, 1.165) is 16.0 Å². The summed E-state index contributed by atoms with van der Waals surface area (Å²) in [6.45, 7) is 2.18. The first-order valence-electron chi connectivity index (χ1n) is 9.36. The SMILES string of the molecule is Cc1ccc(CN(C(=O)c2ccco2)C2CC(=O)N(c3ccccc3)C2=O)cc1. The highest BCUT2D eigenvalue weighted by Gasteiger charge is 2.44. The number of hydrogen-bond acceptors (Lipinski definition) is 4. The number of benzene rings is 2. The third-order valence-corrected chi connectivity index (χ3v) is 4.98. The van der Waals surface area contributed by atoms with Crippen molar-refractivity contribution in [3.63, 3.8) is 0 Å². The lowest BCUT2D eigenvalue weighted by Crippen LogP contribution is -2.45. The summed E-state index contributed by atoms with van der Waals surface area (Å²) in [5, 5.41) is 0. The van der Waals surface area contributed by atoms with E-state index in [2.05, 4.69) is 0 Å². The standard InChI is InChI=1S/C23H20N2O4/c1-16-9-11-17(12-10-16)15-24(23(28)20-8-5-13-29-20)19-14-21(26)25(22(19)27)18-6-3-2-4-7-18/h2-13,19H,14-15H2,1H3. The van der Waals surface area contributed by atoms with Crippen LogP contribution in [0.5, 0.6) is 0 Å². The molecule has 1 aliphatic rings. The summed E-state index contributed by atoms with van der Waals surface area (Å²) >= 11 is 0. The Balaban J connectivity index is 1.67. The fourth-order valence-electron chi connectivity index (χ4n) is 3.46. The maximum absolute atomic E-state index is 13.2. The molecule has 0 saturated carbocycles. The summed E-state index contributed by atoms with van der Waals surface area (Å²) in [6.07, 6.45) is 1.35. The van der Waals surface area contributed by atoms with Crippen LogP contribution in [-0.4, -0.2) is 28.7 Å². The third-order valence-electron chi connectivity index (χ3n) is 4.98. The number of anilines is 1. The molecule has 1 atom stereocenters. The Bertz CT molecular complexity index is 1030. The molecule has 0 N–H and O–H groups in total. The first-order valence-corrected chi connectivity index (χ1v) is 9.36. The Morgan fingerprint density at radius 3 is 2.41 bits per heavy atom. The summed E-state index contributed by atoms with van der Waals surface area (Å²) in [7, 11) is 0. The normalized spacial score (nSPS) is 16.3. The number of amides is 3. The van der Waals surface area contributed by atoms with Gasteiger partial charge < -0.3 is 9.32 Å². The van der Waals surface area contributed by atoms with Crippen LogP contribution in [0.15, 0.2) is 77.4 Å². The van der Waals surface area contributed by atoms with Gasteiger partial charge in [-0.1, -0.05) is 48.0 Å². The van der Waals surface area contributed by atoms with Crippen molar-refractivity contribution in [1.29, 1.82) is 0 Å². The van der Waals surface area contributed by atoms with Crippen molar-refractivity contribution >= 4 is 23.4 Å². The summed E-state index contributed by atoms with van der Waals surface area (Å²) in [5.41, 5.74) is 2.47. The molecule has 3 aromatic rings. The van der Waals surface area contributed by atoms with Crippen molar-refractivity contribution in [2.24, 2.45) is 0 Å². The van der Waals surface area contributed by atoms with Crippen molar-refractivity contribution in [2.45, 2.75) is 25.9 Å². The number of imide groups is 1. The Kier molecular flexibility index (Phi) is 4.99. The van der Waals surface area contributed by atoms with Gasteiger partial charge in [0.05, 0.1) is 18.4 Å². The topological polar surface area (TPSA) is 70.8 Å². The van der Waals surface area contributed by atoms with E-state index < -0.39 is 17.9 Å². The number of rotatable bonds is 5. The molecule has 0 spiro atoms. The minimum atomic E-state index is -0.887. The highest BCUT2D eigenvalue weighted by molar-refractivity contribution is 6.23. The number of para-hydroxylation sites is 1. The summed E-state index contributed by atoms with van der Waals surface area (Å²) in [6, 6.07) is 18.8. The average Bonchev–Trinajstić information content (AvgIpc) is 3.36. The highest BCUT2D eigenvalue weighted by atomic mass is 16.3. The van der Waals surface area contributed by atoms with Gasteiger partial charge in [-0.15, -0.1) is 0 Å². The van der Waals surface area contributed by atoms with Crippen LogP contribution in [0.25, 0.3) is 0 Å². The van der Waals surface area contributed by atoms with Gasteiger partial charge >= 0.3 is 0 Å². The van der Waals surface area contributed by atoms with Crippen molar-refractivity contribution in [3.05, 3.63) is 89.9 Å². The lowest BCUT2D eigenvalue weighted by molar-refractivity contribution is -0.122. The fraction of sp³-hybridized carbons (Fsp3) is 0.174. The predicted octanol–water partition coefficient (Wildman–Crippen LogP) is 3.56. The first-order chi connectivity index (χ1) is 14.0. The molecule has 1 aromatic heterocycles. The van der Waals surface area contributed by atoms with Crippen molar-refractivity contribution in [2.75, 3.05) is 4.90 Å². The van der Waals surface area contributed by atoms with Gasteiger partial charge in [0.2, 0.25) is 5.91 Å². The molecule has 4 rings (SSSR count). The van der Waals surface area contributed by atoms with Crippen LogP contribution in [0, 0.1) is 6.92 Å². The van der Waals surface area contributed by atoms with Gasteiger partial charge in [0.25, 0.3) is 11.8 Å². The molecule has 2 aromatic carbocycles. The predicted molar refractivity (Wildman–Crippen MR) is 107 cm³/mol. The Morgan fingerprint density at radius 1 is 1.03 bits per heavy atom. The summed E-state index contributed by atoms with van der Waals surface area (Å²) in [5.74, 6) is -1.02. The molecule has 0 aliphatic carbocycles. The van der Waals surface area contributed by atoms with Crippen LogP contribution in [0.2, 0.25) is 0 Å². The second-order valence-corrected chi connectivity index (χ2v) is 7.02. The third kappa shape index (κ3) is 3.69. The van der Waals surface area contributed by atoms with Crippen molar-refractivity contribution < 1.29 is 18.8 Å². The molecule has 6 heteroatoms. The molecule has 0 radical (unpaired) electrons. The van der Waals surface area contributed by atoms with E-state index in [4.69, 9.17) is 4.42 Å². The minimum absolute atomic E-state index is 0.0635. The van der Waals surface area contributed by atoms with Gasteiger partial charge in [-0.2, -0.15) is 0 Å². The summed E-state index contributed by atoms with van der Waals surface area (Å²) < 4.78 is 5.27. The Morgan fingerprint density at radius 2 is 1.76 bits per heavy atom. The maximum atomic E-state index is 13.2. The van der Waals surface area contributed by atoms with E-state index in [1.807, 2.05) is 37.3 Å². The van der Waals surface area contributed by atoms with Gasteiger partial charge in [0.15, 0.2) is 5.76 Å². The average molecular weight is 388 g/mol. The van der Waals surface area contributed by atoms with E-state index in [9.17, 15) is 14.4 Å². The van der Waals surface area contributed by atoms with E-state index in [0.29, 0.717) is 5.69 Å². The number of carbonyl (C=O) groups is 3. The molecular weight excluding hydrogens is 368 g/mol. The van der Waals surface area contributed by atoms with Crippen LogP contribution in [-0.2, 0) is 16.1 Å². The number of hydrogen-bond donors (Lipinski definition) is 0. The van der Waals surface area contributed by atoms with Gasteiger partial charge in [-0.3, -0.25) is 14.4 Å². The molecule has 1 aliphatic heterocycles.